The molecule has 0 radical (unpaired) electrons. The maximum atomic E-state index is 13.4. The van der Waals surface area contributed by atoms with Gasteiger partial charge in [-0.1, -0.05) is 24.3 Å². The number of amides is 2. The van der Waals surface area contributed by atoms with Crippen LogP contribution in [0.5, 0.6) is 5.75 Å². The van der Waals surface area contributed by atoms with Gasteiger partial charge in [0, 0.05) is 12.1 Å². The molecule has 0 aliphatic rings. The summed E-state index contributed by atoms with van der Waals surface area (Å²) in [6.45, 7) is 6.99. The Morgan fingerprint density at radius 2 is 1.75 bits per heavy atom. The van der Waals surface area contributed by atoms with Gasteiger partial charge in [0.15, 0.2) is 0 Å². The molecule has 0 aliphatic heterocycles. The second-order valence-electron chi connectivity index (χ2n) is 5.75. The lowest BCUT2D eigenvalue weighted by atomic mass is 10.1. The van der Waals surface area contributed by atoms with Crippen molar-refractivity contribution in [2.24, 2.45) is 0 Å². The number of rotatable bonds is 6. The SMILES string of the molecule is Cc1cc(C)c(OCCNC(=O)NCc2ccccc2F)cc1C. The molecule has 24 heavy (non-hydrogen) atoms. The minimum Gasteiger partial charge on any atom is -0.491 e. The number of carbonyl (C=O) groups excluding carboxylic acids is 1. The first-order valence-electron chi connectivity index (χ1n) is 7.93. The topological polar surface area (TPSA) is 50.4 Å². The Bertz CT molecular complexity index is 717. The molecular formula is C19H23FN2O2. The molecule has 0 saturated carbocycles. The van der Waals surface area contributed by atoms with Gasteiger partial charge in [-0.2, -0.15) is 0 Å². The van der Waals surface area contributed by atoms with Crippen LogP contribution in [0.3, 0.4) is 0 Å². The second-order valence-corrected chi connectivity index (χ2v) is 5.75. The fourth-order valence-electron chi connectivity index (χ4n) is 2.29. The Hall–Kier alpha value is -2.56. The maximum absolute atomic E-state index is 13.4. The molecule has 0 aliphatic carbocycles. The van der Waals surface area contributed by atoms with E-state index in [9.17, 15) is 9.18 Å². The predicted octanol–water partition coefficient (Wildman–Crippen LogP) is 3.63. The average molecular weight is 330 g/mol. The number of nitrogens with one attached hydrogen (secondary N) is 2. The molecule has 2 rings (SSSR count). The highest BCUT2D eigenvalue weighted by Gasteiger charge is 2.05. The first kappa shape index (κ1) is 17.8. The molecule has 2 aromatic carbocycles. The molecule has 0 spiro atoms. The van der Waals surface area contributed by atoms with Crippen LogP contribution in [0.4, 0.5) is 9.18 Å². The number of ether oxygens (including phenoxy) is 1. The molecule has 5 heteroatoms. The van der Waals surface area contributed by atoms with E-state index in [4.69, 9.17) is 4.74 Å². The zero-order valence-corrected chi connectivity index (χ0v) is 14.3. The molecule has 0 aromatic heterocycles. The zero-order valence-electron chi connectivity index (χ0n) is 14.3. The fourth-order valence-corrected chi connectivity index (χ4v) is 2.29. The quantitative estimate of drug-likeness (QED) is 0.795. The molecule has 0 unspecified atom stereocenters. The van der Waals surface area contributed by atoms with Gasteiger partial charge in [0.2, 0.25) is 0 Å². The first-order valence-corrected chi connectivity index (χ1v) is 7.93. The summed E-state index contributed by atoms with van der Waals surface area (Å²) in [5.74, 6) is 0.498. The Labute approximate surface area is 142 Å². The van der Waals surface area contributed by atoms with Crippen molar-refractivity contribution in [3.8, 4) is 5.75 Å². The van der Waals surface area contributed by atoms with E-state index < -0.39 is 0 Å². The van der Waals surface area contributed by atoms with E-state index in [1.54, 1.807) is 18.2 Å². The third kappa shape index (κ3) is 4.98. The first-order chi connectivity index (χ1) is 11.5. The summed E-state index contributed by atoms with van der Waals surface area (Å²) in [5, 5.41) is 5.31. The van der Waals surface area contributed by atoms with Gasteiger partial charge in [0.25, 0.3) is 0 Å². The van der Waals surface area contributed by atoms with E-state index in [0.717, 1.165) is 11.3 Å². The van der Waals surface area contributed by atoms with Gasteiger partial charge >= 0.3 is 6.03 Å². The zero-order chi connectivity index (χ0) is 17.5. The van der Waals surface area contributed by atoms with Gasteiger partial charge in [-0.05, 0) is 49.6 Å². The van der Waals surface area contributed by atoms with Crippen LogP contribution in [-0.4, -0.2) is 19.2 Å². The summed E-state index contributed by atoms with van der Waals surface area (Å²) in [6.07, 6.45) is 0. The smallest absolute Gasteiger partial charge is 0.315 e. The van der Waals surface area contributed by atoms with Crippen LogP contribution in [0, 0.1) is 26.6 Å². The average Bonchev–Trinajstić information content (AvgIpc) is 2.55. The highest BCUT2D eigenvalue weighted by molar-refractivity contribution is 5.73. The molecule has 2 aromatic rings. The van der Waals surface area contributed by atoms with Gasteiger partial charge in [-0.25, -0.2) is 9.18 Å². The standard InChI is InChI=1S/C19H23FN2O2/c1-13-10-15(3)18(11-14(13)2)24-9-8-21-19(23)22-12-16-6-4-5-7-17(16)20/h4-7,10-11H,8-9,12H2,1-3H3,(H2,21,22,23). The molecule has 0 atom stereocenters. The lowest BCUT2D eigenvalue weighted by molar-refractivity contribution is 0.236. The predicted molar refractivity (Wildman–Crippen MR) is 92.8 cm³/mol. The van der Waals surface area contributed by atoms with Crippen molar-refractivity contribution in [1.82, 2.24) is 10.6 Å². The molecule has 0 fully saturated rings. The van der Waals surface area contributed by atoms with Gasteiger partial charge in [-0.3, -0.25) is 0 Å². The number of hydrogen-bond donors (Lipinski definition) is 2. The minimum atomic E-state index is -0.348. The van der Waals surface area contributed by atoms with Gasteiger partial charge in [0.1, 0.15) is 18.2 Å². The Kier molecular flexibility index (Phi) is 6.18. The van der Waals surface area contributed by atoms with Crippen LogP contribution in [-0.2, 0) is 6.54 Å². The summed E-state index contributed by atoms with van der Waals surface area (Å²) in [6, 6.07) is 10.1. The van der Waals surface area contributed by atoms with Crippen LogP contribution in [0.25, 0.3) is 0 Å². The second kappa shape index (κ2) is 8.34. The number of halogens is 1. The van der Waals surface area contributed by atoms with Crippen LogP contribution in [0.15, 0.2) is 36.4 Å². The molecular weight excluding hydrogens is 307 g/mol. The molecule has 2 N–H and O–H groups in total. The minimum absolute atomic E-state index is 0.148. The van der Waals surface area contributed by atoms with E-state index in [1.165, 1.54) is 17.2 Å². The van der Waals surface area contributed by atoms with E-state index in [0.29, 0.717) is 18.7 Å². The van der Waals surface area contributed by atoms with Gasteiger partial charge < -0.3 is 15.4 Å². The number of hydrogen-bond acceptors (Lipinski definition) is 2. The molecule has 0 saturated heterocycles. The van der Waals surface area contributed by atoms with E-state index in [-0.39, 0.29) is 18.4 Å². The van der Waals surface area contributed by atoms with Crippen LogP contribution >= 0.6 is 0 Å². The largest absolute Gasteiger partial charge is 0.491 e. The fraction of sp³-hybridized carbons (Fsp3) is 0.316. The van der Waals surface area contributed by atoms with Gasteiger partial charge in [0.05, 0.1) is 6.54 Å². The van der Waals surface area contributed by atoms with Crippen LogP contribution in [0.1, 0.15) is 22.3 Å². The van der Waals surface area contributed by atoms with Crippen molar-refractivity contribution in [3.05, 3.63) is 64.5 Å². The lowest BCUT2D eigenvalue weighted by Crippen LogP contribution is -2.37. The van der Waals surface area contributed by atoms with Crippen molar-refractivity contribution in [2.45, 2.75) is 27.3 Å². The number of carbonyl (C=O) groups is 1. The van der Waals surface area contributed by atoms with Crippen LogP contribution in [0.2, 0.25) is 0 Å². The van der Waals surface area contributed by atoms with Crippen molar-refractivity contribution >= 4 is 6.03 Å². The summed E-state index contributed by atoms with van der Waals surface area (Å²) in [5.41, 5.74) is 3.92. The summed E-state index contributed by atoms with van der Waals surface area (Å²) in [7, 11) is 0. The monoisotopic (exact) mass is 330 g/mol. The van der Waals surface area contributed by atoms with Crippen LogP contribution < -0.4 is 15.4 Å². The third-order valence-electron chi connectivity index (χ3n) is 3.83. The molecule has 4 nitrogen and oxygen atoms in total. The van der Waals surface area contributed by atoms with Crippen molar-refractivity contribution in [3.63, 3.8) is 0 Å². The normalized spacial score (nSPS) is 10.3. The highest BCUT2D eigenvalue weighted by Crippen LogP contribution is 2.22. The molecule has 0 heterocycles. The number of urea groups is 1. The Morgan fingerprint density at radius 1 is 1.04 bits per heavy atom. The summed E-state index contributed by atoms with van der Waals surface area (Å²) >= 11 is 0. The number of aryl methyl sites for hydroxylation is 3. The molecule has 2 amide bonds. The third-order valence-corrected chi connectivity index (χ3v) is 3.83. The Balaban J connectivity index is 1.71. The van der Waals surface area contributed by atoms with Crippen molar-refractivity contribution in [2.75, 3.05) is 13.2 Å². The maximum Gasteiger partial charge on any atom is 0.315 e. The Morgan fingerprint density at radius 3 is 2.50 bits per heavy atom. The van der Waals surface area contributed by atoms with Crippen molar-refractivity contribution in [1.29, 1.82) is 0 Å². The lowest BCUT2D eigenvalue weighted by Gasteiger charge is -2.12. The van der Waals surface area contributed by atoms with E-state index >= 15 is 0 Å². The summed E-state index contributed by atoms with van der Waals surface area (Å²) in [4.78, 5) is 11.7. The van der Waals surface area contributed by atoms with E-state index in [2.05, 4.69) is 23.6 Å². The molecule has 0 bridgehead atoms. The summed E-state index contributed by atoms with van der Waals surface area (Å²) < 4.78 is 19.1. The number of benzene rings is 2. The van der Waals surface area contributed by atoms with E-state index in [1.807, 2.05) is 19.9 Å². The highest BCUT2D eigenvalue weighted by atomic mass is 19.1. The van der Waals surface area contributed by atoms with Gasteiger partial charge in [-0.15, -0.1) is 0 Å². The van der Waals surface area contributed by atoms with Crippen molar-refractivity contribution < 1.29 is 13.9 Å². The molecule has 128 valence electrons.